The van der Waals surface area contributed by atoms with Crippen molar-refractivity contribution in [3.05, 3.63) is 76.7 Å². The molecule has 0 N–H and O–H groups in total. The number of carbonyl (C=O) groups is 1. The molecule has 0 bridgehead atoms. The molecule has 1 saturated heterocycles. The molecule has 2 aromatic carbocycles. The summed E-state index contributed by atoms with van der Waals surface area (Å²) in [5, 5.41) is 0. The van der Waals surface area contributed by atoms with Crippen LogP contribution < -0.4 is 9.64 Å². The van der Waals surface area contributed by atoms with Crippen molar-refractivity contribution in [3.63, 3.8) is 0 Å². The molecule has 3 heterocycles. The highest BCUT2D eigenvalue weighted by molar-refractivity contribution is 5.95. The van der Waals surface area contributed by atoms with Crippen molar-refractivity contribution in [3.8, 4) is 11.6 Å². The van der Waals surface area contributed by atoms with Gasteiger partial charge in [0.25, 0.3) is 5.91 Å². The zero-order chi connectivity index (χ0) is 22.9. The van der Waals surface area contributed by atoms with Crippen molar-refractivity contribution in [2.75, 3.05) is 24.5 Å². The van der Waals surface area contributed by atoms with Crippen LogP contribution in [0.2, 0.25) is 0 Å². The third-order valence-electron chi connectivity index (χ3n) is 5.89. The van der Waals surface area contributed by atoms with Crippen molar-refractivity contribution in [2.24, 2.45) is 0 Å². The summed E-state index contributed by atoms with van der Waals surface area (Å²) >= 11 is 0. The lowest BCUT2D eigenvalue weighted by molar-refractivity contribution is 0.0722. The van der Waals surface area contributed by atoms with Gasteiger partial charge >= 0.3 is 0 Å². The highest BCUT2D eigenvalue weighted by Gasteiger charge is 2.31. The van der Waals surface area contributed by atoms with E-state index in [9.17, 15) is 18.0 Å². The Morgan fingerprint density at radius 1 is 0.909 bits per heavy atom. The largest absolute Gasteiger partial charge is 0.438 e. The van der Waals surface area contributed by atoms with Crippen molar-refractivity contribution in [2.45, 2.75) is 25.8 Å². The number of anilines is 1. The van der Waals surface area contributed by atoms with Gasteiger partial charge in [0.15, 0.2) is 0 Å². The number of aromatic nitrogens is 2. The predicted octanol–water partition coefficient (Wildman–Crippen LogP) is 4.48. The summed E-state index contributed by atoms with van der Waals surface area (Å²) in [6.45, 7) is 1.97. The Labute approximate surface area is 188 Å². The number of hydrogen-bond acceptors (Lipinski definition) is 5. The van der Waals surface area contributed by atoms with Gasteiger partial charge in [-0.3, -0.25) is 4.79 Å². The van der Waals surface area contributed by atoms with E-state index in [-0.39, 0.29) is 19.0 Å². The van der Waals surface area contributed by atoms with Gasteiger partial charge in [0, 0.05) is 26.1 Å². The molecule has 9 heteroatoms. The molecule has 0 atom stereocenters. The van der Waals surface area contributed by atoms with E-state index in [0.29, 0.717) is 23.7 Å². The van der Waals surface area contributed by atoms with Gasteiger partial charge in [0.05, 0.1) is 17.8 Å². The molecule has 0 aliphatic carbocycles. The number of rotatable bonds is 4. The fourth-order valence-corrected chi connectivity index (χ4v) is 4.16. The molecule has 1 aromatic heterocycles. The minimum Gasteiger partial charge on any atom is -0.438 e. The summed E-state index contributed by atoms with van der Waals surface area (Å²) in [6, 6.07) is 8.86. The SMILES string of the molecule is O=C(c1c(F)cccc1F)N1CCc2nc(N3CCCC3)nc(Oc3ccc(F)cc3)c2C1. The maximum Gasteiger partial charge on any atom is 0.260 e. The topological polar surface area (TPSA) is 58.6 Å². The van der Waals surface area contributed by atoms with E-state index < -0.39 is 28.9 Å². The van der Waals surface area contributed by atoms with Gasteiger partial charge in [-0.25, -0.2) is 18.2 Å². The van der Waals surface area contributed by atoms with Gasteiger partial charge in [0.1, 0.15) is 28.8 Å². The molecule has 170 valence electrons. The molecule has 2 aliphatic heterocycles. The van der Waals surface area contributed by atoms with Gasteiger partial charge in [-0.1, -0.05) is 6.07 Å². The first-order valence-electron chi connectivity index (χ1n) is 10.8. The molecule has 0 spiro atoms. The third kappa shape index (κ3) is 4.22. The summed E-state index contributed by atoms with van der Waals surface area (Å²) in [4.78, 5) is 25.7. The first-order valence-corrected chi connectivity index (χ1v) is 10.8. The lowest BCUT2D eigenvalue weighted by atomic mass is 10.0. The summed E-state index contributed by atoms with van der Waals surface area (Å²) < 4.78 is 47.7. The Balaban J connectivity index is 1.50. The zero-order valence-electron chi connectivity index (χ0n) is 17.7. The van der Waals surface area contributed by atoms with Crippen LogP contribution in [0.5, 0.6) is 11.6 Å². The van der Waals surface area contributed by atoms with E-state index in [4.69, 9.17) is 9.72 Å². The van der Waals surface area contributed by atoms with Gasteiger partial charge in [-0.15, -0.1) is 0 Å². The van der Waals surface area contributed by atoms with E-state index in [1.807, 2.05) is 0 Å². The second-order valence-electron chi connectivity index (χ2n) is 8.08. The number of hydrogen-bond donors (Lipinski definition) is 0. The highest BCUT2D eigenvalue weighted by atomic mass is 19.1. The van der Waals surface area contributed by atoms with Crippen molar-refractivity contribution >= 4 is 11.9 Å². The molecule has 2 aliphatic rings. The second-order valence-corrected chi connectivity index (χ2v) is 8.08. The number of ether oxygens (including phenoxy) is 1. The van der Waals surface area contributed by atoms with Crippen LogP contribution >= 0.6 is 0 Å². The number of nitrogens with zero attached hydrogens (tertiary/aromatic N) is 4. The number of fused-ring (bicyclic) bond motifs is 1. The first-order chi connectivity index (χ1) is 16.0. The number of amides is 1. The maximum atomic E-state index is 14.2. The van der Waals surface area contributed by atoms with Crippen LogP contribution in [0.25, 0.3) is 0 Å². The van der Waals surface area contributed by atoms with Crippen LogP contribution in [0.15, 0.2) is 42.5 Å². The Morgan fingerprint density at radius 2 is 1.61 bits per heavy atom. The molecule has 0 radical (unpaired) electrons. The first kappa shape index (κ1) is 21.2. The van der Waals surface area contributed by atoms with Crippen LogP contribution in [-0.2, 0) is 13.0 Å². The minimum atomic E-state index is -0.908. The fourth-order valence-electron chi connectivity index (χ4n) is 4.16. The van der Waals surface area contributed by atoms with Crippen molar-refractivity contribution < 1.29 is 22.7 Å². The second kappa shape index (κ2) is 8.73. The highest BCUT2D eigenvalue weighted by Crippen LogP contribution is 2.33. The minimum absolute atomic E-state index is 0.0404. The smallest absolute Gasteiger partial charge is 0.260 e. The molecular formula is C24H21F3N4O2. The van der Waals surface area contributed by atoms with Gasteiger partial charge in [-0.05, 0) is 49.2 Å². The van der Waals surface area contributed by atoms with Crippen LogP contribution in [0.3, 0.4) is 0 Å². The molecule has 0 saturated carbocycles. The third-order valence-corrected chi connectivity index (χ3v) is 5.89. The normalized spacial score (nSPS) is 15.5. The van der Waals surface area contributed by atoms with Crippen molar-refractivity contribution in [1.29, 1.82) is 0 Å². The van der Waals surface area contributed by atoms with Gasteiger partial charge < -0.3 is 14.5 Å². The number of benzene rings is 2. The summed E-state index contributed by atoms with van der Waals surface area (Å²) in [7, 11) is 0. The van der Waals surface area contributed by atoms with E-state index in [1.165, 1.54) is 35.2 Å². The van der Waals surface area contributed by atoms with Crippen LogP contribution in [-0.4, -0.2) is 40.4 Å². The van der Waals surface area contributed by atoms with E-state index >= 15 is 0 Å². The van der Waals surface area contributed by atoms with Gasteiger partial charge in [0.2, 0.25) is 11.8 Å². The number of carbonyl (C=O) groups excluding carboxylic acids is 1. The fraction of sp³-hybridized carbons (Fsp3) is 0.292. The Bertz CT molecular complexity index is 1180. The summed E-state index contributed by atoms with van der Waals surface area (Å²) in [5.41, 5.74) is 0.706. The van der Waals surface area contributed by atoms with E-state index in [0.717, 1.165) is 43.8 Å². The summed E-state index contributed by atoms with van der Waals surface area (Å²) in [6.07, 6.45) is 2.48. The molecule has 5 rings (SSSR count). The van der Waals surface area contributed by atoms with Crippen LogP contribution in [0, 0.1) is 17.5 Å². The average molecular weight is 454 g/mol. The van der Waals surface area contributed by atoms with Gasteiger partial charge in [-0.2, -0.15) is 4.98 Å². The van der Waals surface area contributed by atoms with E-state index in [2.05, 4.69) is 9.88 Å². The lowest BCUT2D eigenvalue weighted by Gasteiger charge is -2.30. The molecule has 33 heavy (non-hydrogen) atoms. The molecule has 6 nitrogen and oxygen atoms in total. The zero-order valence-corrected chi connectivity index (χ0v) is 17.7. The predicted molar refractivity (Wildman–Crippen MR) is 115 cm³/mol. The van der Waals surface area contributed by atoms with Crippen LogP contribution in [0.1, 0.15) is 34.5 Å². The lowest BCUT2D eigenvalue weighted by Crippen LogP contribution is -2.38. The monoisotopic (exact) mass is 454 g/mol. The number of halogens is 3. The molecule has 0 unspecified atom stereocenters. The molecule has 3 aromatic rings. The molecular weight excluding hydrogens is 433 g/mol. The standard InChI is InChI=1S/C24H21F3N4O2/c25-15-6-8-16(9-7-15)33-22-17-14-31(23(32)21-18(26)4-3-5-19(21)27)13-10-20(17)28-24(29-22)30-11-1-2-12-30/h3-9H,1-2,10-14H2. The summed E-state index contributed by atoms with van der Waals surface area (Å²) in [5.74, 6) is -1.78. The Kier molecular flexibility index (Phi) is 5.62. The maximum absolute atomic E-state index is 14.2. The Hall–Kier alpha value is -3.62. The Morgan fingerprint density at radius 3 is 2.30 bits per heavy atom. The van der Waals surface area contributed by atoms with Crippen LogP contribution in [0.4, 0.5) is 19.1 Å². The van der Waals surface area contributed by atoms with Crippen molar-refractivity contribution in [1.82, 2.24) is 14.9 Å². The average Bonchev–Trinajstić information content (AvgIpc) is 3.35. The molecule has 1 fully saturated rings. The van der Waals surface area contributed by atoms with E-state index in [1.54, 1.807) is 0 Å². The molecule has 1 amide bonds. The quantitative estimate of drug-likeness (QED) is 0.582.